The molecule has 0 saturated heterocycles. The van der Waals surface area contributed by atoms with E-state index < -0.39 is 5.82 Å². The summed E-state index contributed by atoms with van der Waals surface area (Å²) >= 11 is 11.8. The third-order valence-corrected chi connectivity index (χ3v) is 4.05. The third-order valence-electron chi connectivity index (χ3n) is 3.53. The number of pyridine rings is 1. The van der Waals surface area contributed by atoms with Crippen LogP contribution >= 0.6 is 23.2 Å². The van der Waals surface area contributed by atoms with Crippen LogP contribution in [0.1, 0.15) is 29.5 Å². The molecule has 0 unspecified atom stereocenters. The number of benzene rings is 1. The predicted molar refractivity (Wildman–Crippen MR) is 93.6 cm³/mol. The first-order valence-corrected chi connectivity index (χ1v) is 8.18. The zero-order valence-corrected chi connectivity index (χ0v) is 14.3. The van der Waals surface area contributed by atoms with Crippen LogP contribution < -0.4 is 5.32 Å². The van der Waals surface area contributed by atoms with Gasteiger partial charge in [0, 0.05) is 11.9 Å². The summed E-state index contributed by atoms with van der Waals surface area (Å²) in [4.78, 5) is 17.2. The van der Waals surface area contributed by atoms with Gasteiger partial charge in [-0.1, -0.05) is 36.5 Å². The zero-order chi connectivity index (χ0) is 17.3. The first kappa shape index (κ1) is 16.7. The Kier molecular flexibility index (Phi) is 4.73. The summed E-state index contributed by atoms with van der Waals surface area (Å²) in [6.07, 6.45) is 3.15. The highest BCUT2D eigenvalue weighted by Crippen LogP contribution is 2.22. The van der Waals surface area contributed by atoms with Crippen LogP contribution in [0.2, 0.25) is 10.0 Å². The van der Waals surface area contributed by atoms with Gasteiger partial charge in [-0.05, 0) is 36.8 Å². The van der Waals surface area contributed by atoms with Crippen molar-refractivity contribution >= 4 is 40.4 Å². The Hall–Kier alpha value is -2.11. The van der Waals surface area contributed by atoms with Gasteiger partial charge >= 0.3 is 0 Å². The van der Waals surface area contributed by atoms with Crippen LogP contribution in [0.25, 0.3) is 5.65 Å². The number of hydrogen-bond acceptors (Lipinski definition) is 2. The lowest BCUT2D eigenvalue weighted by molar-refractivity contribution is 0.102. The fourth-order valence-electron chi connectivity index (χ4n) is 2.48. The van der Waals surface area contributed by atoms with Gasteiger partial charge in [0.05, 0.1) is 15.7 Å². The van der Waals surface area contributed by atoms with Crippen LogP contribution in [0.15, 0.2) is 36.5 Å². The van der Waals surface area contributed by atoms with Gasteiger partial charge < -0.3 is 5.32 Å². The highest BCUT2D eigenvalue weighted by atomic mass is 35.5. The van der Waals surface area contributed by atoms with Crippen LogP contribution in [0.4, 0.5) is 10.1 Å². The van der Waals surface area contributed by atoms with E-state index in [2.05, 4.69) is 10.3 Å². The molecule has 1 N–H and O–H groups in total. The summed E-state index contributed by atoms with van der Waals surface area (Å²) in [6, 6.07) is 7.50. The summed E-state index contributed by atoms with van der Waals surface area (Å²) in [5.41, 5.74) is 2.15. The van der Waals surface area contributed by atoms with Gasteiger partial charge in [-0.25, -0.2) is 9.37 Å². The normalized spacial score (nSPS) is 11.0. The van der Waals surface area contributed by atoms with Crippen molar-refractivity contribution in [1.29, 1.82) is 0 Å². The van der Waals surface area contributed by atoms with E-state index in [1.807, 2.05) is 6.92 Å². The molecule has 2 aromatic heterocycles. The van der Waals surface area contributed by atoms with Crippen LogP contribution in [0.5, 0.6) is 0 Å². The Bertz CT molecular complexity index is 924. The molecule has 24 heavy (non-hydrogen) atoms. The molecule has 2 heterocycles. The topological polar surface area (TPSA) is 46.4 Å². The minimum absolute atomic E-state index is 0.0530. The van der Waals surface area contributed by atoms with Crippen molar-refractivity contribution in [3.8, 4) is 0 Å². The first-order chi connectivity index (χ1) is 11.5. The summed E-state index contributed by atoms with van der Waals surface area (Å²) in [5, 5.41) is 3.18. The lowest BCUT2D eigenvalue weighted by Crippen LogP contribution is -2.16. The van der Waals surface area contributed by atoms with E-state index in [1.54, 1.807) is 22.7 Å². The summed E-state index contributed by atoms with van der Waals surface area (Å²) in [6.45, 7) is 2.01. The largest absolute Gasteiger partial charge is 0.321 e. The SMILES string of the molecule is CCCc1nc2ccc(Cl)cn2c1C(=O)Nc1ccc(F)c(Cl)c1. The smallest absolute Gasteiger partial charge is 0.274 e. The van der Waals surface area contributed by atoms with Gasteiger partial charge in [0.1, 0.15) is 17.2 Å². The monoisotopic (exact) mass is 365 g/mol. The molecule has 4 nitrogen and oxygen atoms in total. The second-order valence-electron chi connectivity index (χ2n) is 5.32. The van der Waals surface area contributed by atoms with Crippen LogP contribution in [0, 0.1) is 5.82 Å². The molecule has 7 heteroatoms. The number of aryl methyl sites for hydroxylation is 1. The first-order valence-electron chi connectivity index (χ1n) is 7.42. The summed E-state index contributed by atoms with van der Waals surface area (Å²) in [7, 11) is 0. The van der Waals surface area contributed by atoms with Gasteiger partial charge in [0.2, 0.25) is 0 Å². The Morgan fingerprint density at radius 1 is 1.29 bits per heavy atom. The lowest BCUT2D eigenvalue weighted by atomic mass is 10.2. The van der Waals surface area contributed by atoms with E-state index in [0.29, 0.717) is 34.2 Å². The van der Waals surface area contributed by atoms with Gasteiger partial charge in [0.15, 0.2) is 0 Å². The predicted octanol–water partition coefficient (Wildman–Crippen LogP) is 4.99. The zero-order valence-electron chi connectivity index (χ0n) is 12.8. The van der Waals surface area contributed by atoms with Gasteiger partial charge in [-0.15, -0.1) is 0 Å². The van der Waals surface area contributed by atoms with Gasteiger partial charge in [-0.3, -0.25) is 9.20 Å². The molecule has 0 spiro atoms. The average molecular weight is 366 g/mol. The Morgan fingerprint density at radius 3 is 2.79 bits per heavy atom. The van der Waals surface area contributed by atoms with Crippen molar-refractivity contribution in [2.24, 2.45) is 0 Å². The van der Waals surface area contributed by atoms with Gasteiger partial charge in [-0.2, -0.15) is 0 Å². The second kappa shape index (κ2) is 6.79. The van der Waals surface area contributed by atoms with Crippen LogP contribution in [-0.4, -0.2) is 15.3 Å². The second-order valence-corrected chi connectivity index (χ2v) is 6.16. The van der Waals surface area contributed by atoms with Crippen LogP contribution in [0.3, 0.4) is 0 Å². The summed E-state index contributed by atoms with van der Waals surface area (Å²) in [5.74, 6) is -0.890. The fraction of sp³-hybridized carbons (Fsp3) is 0.176. The Morgan fingerprint density at radius 2 is 2.08 bits per heavy atom. The van der Waals surface area contributed by atoms with Crippen molar-refractivity contribution in [3.05, 3.63) is 63.8 Å². The number of carbonyl (C=O) groups is 1. The molecule has 3 aromatic rings. The van der Waals surface area contributed by atoms with Crippen LogP contribution in [-0.2, 0) is 6.42 Å². The molecule has 3 rings (SSSR count). The highest BCUT2D eigenvalue weighted by Gasteiger charge is 2.19. The number of hydrogen-bond donors (Lipinski definition) is 1. The minimum Gasteiger partial charge on any atom is -0.321 e. The molecule has 124 valence electrons. The van der Waals surface area contributed by atoms with Crippen molar-refractivity contribution in [1.82, 2.24) is 9.38 Å². The molecule has 0 aliphatic carbocycles. The molecule has 0 bridgehead atoms. The number of rotatable bonds is 4. The number of halogens is 3. The maximum absolute atomic E-state index is 13.3. The summed E-state index contributed by atoms with van der Waals surface area (Å²) < 4.78 is 14.9. The number of fused-ring (bicyclic) bond motifs is 1. The Balaban J connectivity index is 2.02. The Labute approximate surface area is 148 Å². The molecular formula is C17H14Cl2FN3O. The molecule has 0 fully saturated rings. The van der Waals surface area contributed by atoms with E-state index in [4.69, 9.17) is 23.2 Å². The molecule has 0 atom stereocenters. The third kappa shape index (κ3) is 3.23. The van der Waals surface area contributed by atoms with E-state index in [9.17, 15) is 9.18 Å². The number of carbonyl (C=O) groups excluding carboxylic acids is 1. The number of nitrogens with one attached hydrogen (secondary N) is 1. The van der Waals surface area contributed by atoms with Crippen molar-refractivity contribution < 1.29 is 9.18 Å². The van der Waals surface area contributed by atoms with E-state index in [1.165, 1.54) is 18.2 Å². The number of aromatic nitrogens is 2. The molecule has 0 aliphatic rings. The average Bonchev–Trinajstić information content (AvgIpc) is 2.88. The lowest BCUT2D eigenvalue weighted by Gasteiger charge is -2.08. The van der Waals surface area contributed by atoms with Gasteiger partial charge in [0.25, 0.3) is 5.91 Å². The number of amides is 1. The number of anilines is 1. The van der Waals surface area contributed by atoms with Crippen molar-refractivity contribution in [3.63, 3.8) is 0 Å². The highest BCUT2D eigenvalue weighted by molar-refractivity contribution is 6.31. The van der Waals surface area contributed by atoms with E-state index in [-0.39, 0.29) is 10.9 Å². The van der Waals surface area contributed by atoms with E-state index >= 15 is 0 Å². The molecule has 1 aromatic carbocycles. The number of nitrogens with zero attached hydrogens (tertiary/aromatic N) is 2. The fourth-order valence-corrected chi connectivity index (χ4v) is 2.82. The molecule has 1 amide bonds. The molecule has 0 radical (unpaired) electrons. The molecule has 0 aliphatic heterocycles. The maximum atomic E-state index is 13.3. The quantitative estimate of drug-likeness (QED) is 0.708. The molecule has 0 saturated carbocycles. The number of imidazole rings is 1. The minimum atomic E-state index is -0.539. The molecular weight excluding hydrogens is 352 g/mol. The standard InChI is InChI=1S/C17H14Cl2FN3O/c1-2-3-14-16(23-9-10(18)4-7-15(23)22-14)17(24)21-11-5-6-13(20)12(19)8-11/h4-9H,2-3H2,1H3,(H,21,24). The van der Waals surface area contributed by atoms with Crippen molar-refractivity contribution in [2.75, 3.05) is 5.32 Å². The van der Waals surface area contributed by atoms with Crippen molar-refractivity contribution in [2.45, 2.75) is 19.8 Å². The maximum Gasteiger partial charge on any atom is 0.274 e. The van der Waals surface area contributed by atoms with E-state index in [0.717, 1.165) is 6.42 Å².